The lowest BCUT2D eigenvalue weighted by Crippen LogP contribution is -2.63. The number of hydrogen-bond donors (Lipinski definition) is 2. The highest BCUT2D eigenvalue weighted by Gasteiger charge is 2.43. The molecule has 2 aliphatic rings. The van der Waals surface area contributed by atoms with Gasteiger partial charge in [0.05, 0.1) is 5.92 Å². The van der Waals surface area contributed by atoms with Crippen LogP contribution < -0.4 is 11.1 Å². The average Bonchev–Trinajstić information content (AvgIpc) is 2.07. The number of nitrogens with two attached hydrogens (primary N) is 1. The number of fused-ring (bicyclic) bond motifs is 1. The predicted octanol–water partition coefficient (Wildman–Crippen LogP) is 0.00230. The molecule has 0 bridgehead atoms. The molecule has 11 heavy (non-hydrogen) atoms. The molecular weight excluding hydrogens is 140 g/mol. The molecule has 1 aliphatic carbocycles. The van der Waals surface area contributed by atoms with Gasteiger partial charge in [-0.1, -0.05) is 12.8 Å². The normalized spacial score (nSPS) is 43.4. The van der Waals surface area contributed by atoms with Crippen molar-refractivity contribution in [1.29, 1.82) is 0 Å². The standard InChI is InChI=1S/C8H14N2O/c9-5-3-1-2-4-6-7(5)8(11)10-6/h5-7H,1-4,9H2,(H,10,11). The van der Waals surface area contributed by atoms with Crippen LogP contribution in [-0.4, -0.2) is 18.0 Å². The molecule has 1 saturated heterocycles. The molecule has 2 rings (SSSR count). The van der Waals surface area contributed by atoms with Crippen LogP contribution in [0.15, 0.2) is 0 Å². The number of carbonyl (C=O) groups is 1. The molecular formula is C8H14N2O. The molecule has 3 atom stereocenters. The van der Waals surface area contributed by atoms with Crippen molar-refractivity contribution in [2.24, 2.45) is 11.7 Å². The maximum Gasteiger partial charge on any atom is 0.226 e. The SMILES string of the molecule is NC1CCCCC2NC(=O)C12. The van der Waals surface area contributed by atoms with E-state index in [2.05, 4.69) is 5.32 Å². The van der Waals surface area contributed by atoms with Gasteiger partial charge in [0.15, 0.2) is 0 Å². The molecule has 62 valence electrons. The van der Waals surface area contributed by atoms with E-state index in [1.54, 1.807) is 0 Å². The summed E-state index contributed by atoms with van der Waals surface area (Å²) < 4.78 is 0. The molecule has 3 unspecified atom stereocenters. The third kappa shape index (κ3) is 1.03. The molecule has 1 heterocycles. The number of rotatable bonds is 0. The third-order valence-electron chi connectivity index (χ3n) is 2.83. The van der Waals surface area contributed by atoms with Gasteiger partial charge in [-0.05, 0) is 12.8 Å². The highest BCUT2D eigenvalue weighted by Crippen LogP contribution is 2.28. The van der Waals surface area contributed by atoms with E-state index in [-0.39, 0.29) is 17.9 Å². The van der Waals surface area contributed by atoms with Crippen LogP contribution in [0, 0.1) is 5.92 Å². The minimum atomic E-state index is 0.122. The molecule has 0 aromatic heterocycles. The second kappa shape index (κ2) is 2.48. The number of nitrogens with one attached hydrogen (secondary N) is 1. The fourth-order valence-corrected chi connectivity index (χ4v) is 2.12. The van der Waals surface area contributed by atoms with Crippen LogP contribution in [0.5, 0.6) is 0 Å². The van der Waals surface area contributed by atoms with Crippen molar-refractivity contribution in [3.63, 3.8) is 0 Å². The fourth-order valence-electron chi connectivity index (χ4n) is 2.12. The molecule has 0 radical (unpaired) electrons. The summed E-state index contributed by atoms with van der Waals surface area (Å²) in [5.74, 6) is 0.307. The Morgan fingerprint density at radius 1 is 1.36 bits per heavy atom. The molecule has 0 spiro atoms. The van der Waals surface area contributed by atoms with E-state index >= 15 is 0 Å². The Kier molecular flexibility index (Phi) is 1.60. The monoisotopic (exact) mass is 154 g/mol. The Balaban J connectivity index is 2.07. The Morgan fingerprint density at radius 2 is 2.09 bits per heavy atom. The second-order valence-corrected chi connectivity index (χ2v) is 3.59. The first-order valence-electron chi connectivity index (χ1n) is 4.35. The van der Waals surface area contributed by atoms with E-state index in [0.29, 0.717) is 6.04 Å². The van der Waals surface area contributed by atoms with E-state index in [9.17, 15) is 4.79 Å². The van der Waals surface area contributed by atoms with Gasteiger partial charge in [0.2, 0.25) is 5.91 Å². The number of amides is 1. The highest BCUT2D eigenvalue weighted by molar-refractivity contribution is 5.86. The molecule has 3 N–H and O–H groups in total. The zero-order valence-electron chi connectivity index (χ0n) is 6.55. The molecule has 0 aromatic carbocycles. The van der Waals surface area contributed by atoms with Gasteiger partial charge in [-0.2, -0.15) is 0 Å². The van der Waals surface area contributed by atoms with Crippen LogP contribution in [0.1, 0.15) is 25.7 Å². The summed E-state index contributed by atoms with van der Waals surface area (Å²) >= 11 is 0. The van der Waals surface area contributed by atoms with Gasteiger partial charge in [-0.3, -0.25) is 4.79 Å². The molecule has 1 aliphatic heterocycles. The summed E-state index contributed by atoms with van der Waals surface area (Å²) in [6.45, 7) is 0. The molecule has 0 aromatic rings. The van der Waals surface area contributed by atoms with E-state index in [1.807, 2.05) is 0 Å². The summed E-state index contributed by atoms with van der Waals surface area (Å²) in [5.41, 5.74) is 5.85. The van der Waals surface area contributed by atoms with Gasteiger partial charge < -0.3 is 11.1 Å². The third-order valence-corrected chi connectivity index (χ3v) is 2.83. The predicted molar refractivity (Wildman–Crippen MR) is 41.9 cm³/mol. The van der Waals surface area contributed by atoms with Crippen LogP contribution in [0.2, 0.25) is 0 Å². The Hall–Kier alpha value is -0.570. The van der Waals surface area contributed by atoms with Gasteiger partial charge in [0, 0.05) is 12.1 Å². The maximum atomic E-state index is 11.0. The summed E-state index contributed by atoms with van der Waals surface area (Å²) in [6, 6.07) is 0.524. The van der Waals surface area contributed by atoms with E-state index in [4.69, 9.17) is 5.73 Å². The summed E-state index contributed by atoms with van der Waals surface area (Å²) in [6.07, 6.45) is 4.55. The Morgan fingerprint density at radius 3 is 2.82 bits per heavy atom. The lowest BCUT2D eigenvalue weighted by molar-refractivity contribution is -0.135. The largest absolute Gasteiger partial charge is 0.352 e. The topological polar surface area (TPSA) is 55.1 Å². The second-order valence-electron chi connectivity index (χ2n) is 3.59. The maximum absolute atomic E-state index is 11.0. The Labute approximate surface area is 66.3 Å². The average molecular weight is 154 g/mol. The summed E-state index contributed by atoms with van der Waals surface area (Å²) in [4.78, 5) is 11.0. The van der Waals surface area contributed by atoms with Crippen molar-refractivity contribution in [2.75, 3.05) is 0 Å². The van der Waals surface area contributed by atoms with Gasteiger partial charge in [0.25, 0.3) is 0 Å². The van der Waals surface area contributed by atoms with Gasteiger partial charge >= 0.3 is 0 Å². The molecule has 1 amide bonds. The van der Waals surface area contributed by atoms with Crippen LogP contribution in [0.25, 0.3) is 0 Å². The number of carbonyl (C=O) groups excluding carboxylic acids is 1. The van der Waals surface area contributed by atoms with Crippen LogP contribution in [0.3, 0.4) is 0 Å². The fraction of sp³-hybridized carbons (Fsp3) is 0.875. The zero-order chi connectivity index (χ0) is 7.84. The first-order chi connectivity index (χ1) is 5.29. The van der Waals surface area contributed by atoms with Crippen LogP contribution >= 0.6 is 0 Å². The van der Waals surface area contributed by atoms with Crippen molar-refractivity contribution >= 4 is 5.91 Å². The van der Waals surface area contributed by atoms with Crippen LogP contribution in [-0.2, 0) is 4.79 Å². The van der Waals surface area contributed by atoms with Crippen molar-refractivity contribution in [3.05, 3.63) is 0 Å². The van der Waals surface area contributed by atoms with E-state index < -0.39 is 0 Å². The van der Waals surface area contributed by atoms with Crippen molar-refractivity contribution < 1.29 is 4.79 Å². The molecule has 3 heteroatoms. The zero-order valence-corrected chi connectivity index (χ0v) is 6.55. The lowest BCUT2D eigenvalue weighted by Gasteiger charge is -2.38. The van der Waals surface area contributed by atoms with Crippen molar-refractivity contribution in [3.8, 4) is 0 Å². The first-order valence-corrected chi connectivity index (χ1v) is 4.35. The van der Waals surface area contributed by atoms with E-state index in [0.717, 1.165) is 12.8 Å². The van der Waals surface area contributed by atoms with Gasteiger partial charge in [-0.15, -0.1) is 0 Å². The Bertz CT molecular complexity index is 173. The molecule has 1 saturated carbocycles. The van der Waals surface area contributed by atoms with E-state index in [1.165, 1.54) is 12.8 Å². The quantitative estimate of drug-likeness (QED) is 0.483. The highest BCUT2D eigenvalue weighted by atomic mass is 16.2. The number of hydrogen-bond acceptors (Lipinski definition) is 2. The molecule has 2 fully saturated rings. The lowest BCUT2D eigenvalue weighted by atomic mass is 9.83. The van der Waals surface area contributed by atoms with Gasteiger partial charge in [0.1, 0.15) is 0 Å². The number of β-lactam (4-membered cyclic amide) rings is 1. The van der Waals surface area contributed by atoms with Crippen molar-refractivity contribution in [1.82, 2.24) is 5.32 Å². The van der Waals surface area contributed by atoms with Crippen molar-refractivity contribution in [2.45, 2.75) is 37.8 Å². The summed E-state index contributed by atoms with van der Waals surface area (Å²) in [7, 11) is 0. The van der Waals surface area contributed by atoms with Crippen LogP contribution in [0.4, 0.5) is 0 Å². The molecule has 3 nitrogen and oxygen atoms in total. The smallest absolute Gasteiger partial charge is 0.226 e. The van der Waals surface area contributed by atoms with Gasteiger partial charge in [-0.25, -0.2) is 0 Å². The first kappa shape index (κ1) is 7.10. The summed E-state index contributed by atoms with van der Waals surface area (Å²) in [5, 5.41) is 2.90. The minimum Gasteiger partial charge on any atom is -0.352 e. The minimum absolute atomic E-state index is 0.122.